The van der Waals surface area contributed by atoms with Crippen molar-refractivity contribution < 1.29 is 14.1 Å². The molecule has 1 saturated heterocycles. The molecule has 0 radical (unpaired) electrons. The highest BCUT2D eigenvalue weighted by molar-refractivity contribution is 5.91. The van der Waals surface area contributed by atoms with Gasteiger partial charge < -0.3 is 14.6 Å². The van der Waals surface area contributed by atoms with Crippen molar-refractivity contribution in [3.05, 3.63) is 47.7 Å². The standard InChI is InChI=1S/C18H23N3O3/c1-23-17-10-16(24-20-17)18(22)19-11-15-8-5-9-21(13-15)12-14-6-3-2-4-7-14/h2-4,6-7,10,15H,5,8-9,11-13H2,1H3,(H,19,22). The summed E-state index contributed by atoms with van der Waals surface area (Å²) in [6.45, 7) is 3.71. The second kappa shape index (κ2) is 7.97. The van der Waals surface area contributed by atoms with E-state index < -0.39 is 0 Å². The minimum absolute atomic E-state index is 0.184. The molecular formula is C18H23N3O3. The summed E-state index contributed by atoms with van der Waals surface area (Å²) in [5.41, 5.74) is 1.33. The molecular weight excluding hydrogens is 306 g/mol. The van der Waals surface area contributed by atoms with E-state index in [0.29, 0.717) is 18.3 Å². The van der Waals surface area contributed by atoms with Crippen LogP contribution in [0.15, 0.2) is 40.9 Å². The van der Waals surface area contributed by atoms with E-state index in [1.165, 1.54) is 18.7 Å². The third kappa shape index (κ3) is 4.35. The van der Waals surface area contributed by atoms with Gasteiger partial charge in [0.05, 0.1) is 13.2 Å². The van der Waals surface area contributed by atoms with Crippen molar-refractivity contribution in [2.45, 2.75) is 19.4 Å². The van der Waals surface area contributed by atoms with E-state index in [0.717, 1.165) is 32.5 Å². The Morgan fingerprint density at radius 1 is 1.42 bits per heavy atom. The van der Waals surface area contributed by atoms with Crippen LogP contribution in [0, 0.1) is 5.92 Å². The van der Waals surface area contributed by atoms with E-state index in [9.17, 15) is 4.79 Å². The maximum atomic E-state index is 12.1. The van der Waals surface area contributed by atoms with E-state index in [4.69, 9.17) is 9.26 Å². The molecule has 24 heavy (non-hydrogen) atoms. The zero-order valence-corrected chi connectivity index (χ0v) is 13.9. The number of carbonyl (C=O) groups is 1. The number of hydrogen-bond acceptors (Lipinski definition) is 5. The summed E-state index contributed by atoms with van der Waals surface area (Å²) < 4.78 is 9.88. The summed E-state index contributed by atoms with van der Waals surface area (Å²) in [4.78, 5) is 14.5. The van der Waals surface area contributed by atoms with Crippen molar-refractivity contribution in [2.24, 2.45) is 5.92 Å². The molecule has 0 aliphatic carbocycles. The van der Waals surface area contributed by atoms with Crippen LogP contribution in [0.3, 0.4) is 0 Å². The Hall–Kier alpha value is -2.34. The number of nitrogens with one attached hydrogen (secondary N) is 1. The molecule has 1 amide bonds. The van der Waals surface area contributed by atoms with E-state index >= 15 is 0 Å². The lowest BCUT2D eigenvalue weighted by molar-refractivity contribution is 0.0894. The van der Waals surface area contributed by atoms with Crippen LogP contribution in [0.5, 0.6) is 5.88 Å². The molecule has 6 nitrogen and oxygen atoms in total. The quantitative estimate of drug-likeness (QED) is 0.881. The van der Waals surface area contributed by atoms with Gasteiger partial charge in [0.15, 0.2) is 0 Å². The first-order valence-electron chi connectivity index (χ1n) is 8.30. The van der Waals surface area contributed by atoms with Gasteiger partial charge in [0.1, 0.15) is 0 Å². The molecule has 128 valence electrons. The van der Waals surface area contributed by atoms with Crippen LogP contribution in [0.25, 0.3) is 0 Å². The van der Waals surface area contributed by atoms with Crippen LogP contribution in [0.4, 0.5) is 0 Å². The van der Waals surface area contributed by atoms with E-state index in [1.54, 1.807) is 0 Å². The number of benzene rings is 1. The number of amides is 1. The van der Waals surface area contributed by atoms with Crippen LogP contribution in [-0.4, -0.2) is 42.7 Å². The fourth-order valence-corrected chi connectivity index (χ4v) is 3.09. The number of rotatable bonds is 6. The lowest BCUT2D eigenvalue weighted by Gasteiger charge is -2.32. The van der Waals surface area contributed by atoms with Gasteiger partial charge in [-0.2, -0.15) is 0 Å². The van der Waals surface area contributed by atoms with Crippen LogP contribution in [-0.2, 0) is 6.54 Å². The van der Waals surface area contributed by atoms with Gasteiger partial charge in [-0.1, -0.05) is 30.3 Å². The number of ether oxygens (including phenoxy) is 1. The largest absolute Gasteiger partial charge is 0.479 e. The Bertz CT molecular complexity index is 657. The molecule has 1 unspecified atom stereocenters. The Labute approximate surface area is 141 Å². The van der Waals surface area contributed by atoms with Gasteiger partial charge >= 0.3 is 0 Å². The fraction of sp³-hybridized carbons (Fsp3) is 0.444. The zero-order chi connectivity index (χ0) is 16.8. The second-order valence-corrected chi connectivity index (χ2v) is 6.17. The highest BCUT2D eigenvalue weighted by atomic mass is 16.5. The molecule has 1 aliphatic heterocycles. The van der Waals surface area contributed by atoms with Gasteiger partial charge in [0.2, 0.25) is 5.76 Å². The molecule has 0 bridgehead atoms. The summed E-state index contributed by atoms with van der Waals surface area (Å²) >= 11 is 0. The molecule has 1 aromatic heterocycles. The number of likely N-dealkylation sites (tertiary alicyclic amines) is 1. The van der Waals surface area contributed by atoms with E-state index in [-0.39, 0.29) is 11.7 Å². The topological polar surface area (TPSA) is 67.6 Å². The van der Waals surface area contributed by atoms with Gasteiger partial charge in [-0.3, -0.25) is 9.69 Å². The third-order valence-electron chi connectivity index (χ3n) is 4.32. The minimum Gasteiger partial charge on any atom is -0.479 e. The lowest BCUT2D eigenvalue weighted by Crippen LogP contribution is -2.40. The van der Waals surface area contributed by atoms with Crippen LogP contribution in [0.2, 0.25) is 0 Å². The van der Waals surface area contributed by atoms with Crippen LogP contribution >= 0.6 is 0 Å². The smallest absolute Gasteiger partial charge is 0.290 e. The van der Waals surface area contributed by atoms with Crippen molar-refractivity contribution in [1.82, 2.24) is 15.4 Å². The van der Waals surface area contributed by atoms with Gasteiger partial charge in [0, 0.05) is 19.6 Å². The average Bonchev–Trinajstić information content (AvgIpc) is 3.10. The monoisotopic (exact) mass is 329 g/mol. The summed E-state index contributed by atoms with van der Waals surface area (Å²) in [6.07, 6.45) is 2.29. The number of nitrogens with zero attached hydrogens (tertiary/aromatic N) is 2. The van der Waals surface area contributed by atoms with Crippen molar-refractivity contribution in [1.29, 1.82) is 0 Å². The number of methoxy groups -OCH3 is 1. The molecule has 1 N–H and O–H groups in total. The molecule has 0 spiro atoms. The number of piperidine rings is 1. The highest BCUT2D eigenvalue weighted by Gasteiger charge is 2.21. The maximum Gasteiger partial charge on any atom is 0.290 e. The van der Waals surface area contributed by atoms with Crippen molar-refractivity contribution in [3.8, 4) is 5.88 Å². The summed E-state index contributed by atoms with van der Waals surface area (Å²) in [5.74, 6) is 0.706. The van der Waals surface area contributed by atoms with Gasteiger partial charge in [-0.05, 0) is 36.0 Å². The number of hydrogen-bond donors (Lipinski definition) is 1. The Kier molecular flexibility index (Phi) is 5.48. The molecule has 2 aromatic rings. The van der Waals surface area contributed by atoms with Crippen molar-refractivity contribution >= 4 is 5.91 Å². The second-order valence-electron chi connectivity index (χ2n) is 6.17. The van der Waals surface area contributed by atoms with Gasteiger partial charge in [-0.15, -0.1) is 0 Å². The molecule has 2 heterocycles. The highest BCUT2D eigenvalue weighted by Crippen LogP contribution is 2.18. The number of carbonyl (C=O) groups excluding carboxylic acids is 1. The van der Waals surface area contributed by atoms with Gasteiger partial charge in [0.25, 0.3) is 11.8 Å². The molecule has 3 rings (SSSR count). The zero-order valence-electron chi connectivity index (χ0n) is 13.9. The van der Waals surface area contributed by atoms with E-state index in [2.05, 4.69) is 39.6 Å². The first-order chi connectivity index (χ1) is 11.7. The Balaban J connectivity index is 1.47. The van der Waals surface area contributed by atoms with Crippen molar-refractivity contribution in [3.63, 3.8) is 0 Å². The lowest BCUT2D eigenvalue weighted by atomic mass is 9.97. The summed E-state index contributed by atoms with van der Waals surface area (Å²) in [5, 5.41) is 6.58. The maximum absolute atomic E-state index is 12.1. The first-order valence-corrected chi connectivity index (χ1v) is 8.30. The third-order valence-corrected chi connectivity index (χ3v) is 4.32. The van der Waals surface area contributed by atoms with Crippen molar-refractivity contribution in [2.75, 3.05) is 26.7 Å². The Morgan fingerprint density at radius 3 is 3.00 bits per heavy atom. The SMILES string of the molecule is COc1cc(C(=O)NCC2CCCN(Cc3ccccc3)C2)on1. The molecule has 1 atom stereocenters. The van der Waals surface area contributed by atoms with Crippen LogP contribution in [0.1, 0.15) is 29.0 Å². The normalized spacial score (nSPS) is 18.3. The Morgan fingerprint density at radius 2 is 2.25 bits per heavy atom. The molecule has 1 aromatic carbocycles. The molecule has 0 saturated carbocycles. The first kappa shape index (κ1) is 16.5. The fourth-order valence-electron chi connectivity index (χ4n) is 3.09. The molecule has 1 fully saturated rings. The molecule has 1 aliphatic rings. The van der Waals surface area contributed by atoms with Gasteiger partial charge in [-0.25, -0.2) is 0 Å². The summed E-state index contributed by atoms with van der Waals surface area (Å²) in [6, 6.07) is 12.0. The molecule has 6 heteroatoms. The van der Waals surface area contributed by atoms with Crippen LogP contribution < -0.4 is 10.1 Å². The predicted octanol–water partition coefficient (Wildman–Crippen LogP) is 2.33. The van der Waals surface area contributed by atoms with E-state index in [1.807, 2.05) is 6.07 Å². The minimum atomic E-state index is -0.244. The number of aromatic nitrogens is 1. The average molecular weight is 329 g/mol. The predicted molar refractivity (Wildman–Crippen MR) is 89.8 cm³/mol. The summed E-state index contributed by atoms with van der Waals surface area (Å²) in [7, 11) is 1.49.